The van der Waals surface area contributed by atoms with Gasteiger partial charge in [0.05, 0.1) is 0 Å². The Bertz CT molecular complexity index is 380. The topological polar surface area (TPSA) is 46.2 Å². The van der Waals surface area contributed by atoms with Gasteiger partial charge in [-0.15, -0.1) is 0 Å². The van der Waals surface area contributed by atoms with E-state index in [1.54, 1.807) is 5.37 Å². The van der Waals surface area contributed by atoms with E-state index in [4.69, 9.17) is 23.1 Å². The van der Waals surface area contributed by atoms with Gasteiger partial charge >= 0.3 is 0 Å². The summed E-state index contributed by atoms with van der Waals surface area (Å²) in [7, 11) is 0. The largest absolute Gasteiger partial charge is 0.402 e. The minimum Gasteiger partial charge on any atom is -0.402 e. The molecule has 0 amide bonds. The van der Waals surface area contributed by atoms with Crippen molar-refractivity contribution < 1.29 is 5.11 Å². The summed E-state index contributed by atoms with van der Waals surface area (Å²) < 4.78 is 0. The van der Waals surface area contributed by atoms with Crippen molar-refractivity contribution in [1.29, 1.82) is 0 Å². The first-order valence-corrected chi connectivity index (χ1v) is 7.26. The van der Waals surface area contributed by atoms with Gasteiger partial charge in [-0.1, -0.05) is 25.2 Å². The monoisotopic (exact) mass is 281 g/mol. The number of hydrogen-bond donors (Lipinski definition) is 2. The lowest BCUT2D eigenvalue weighted by atomic mass is 9.98. The van der Waals surface area contributed by atoms with Crippen LogP contribution in [0.25, 0.3) is 0 Å². The van der Waals surface area contributed by atoms with Crippen molar-refractivity contribution in [3.8, 4) is 0 Å². The molecule has 0 spiro atoms. The molecule has 19 heavy (non-hydrogen) atoms. The molecular weight excluding hydrogens is 254 g/mol. The van der Waals surface area contributed by atoms with Crippen LogP contribution in [0.4, 0.5) is 0 Å². The van der Waals surface area contributed by atoms with E-state index in [2.05, 4.69) is 19.9 Å². The van der Waals surface area contributed by atoms with Crippen LogP contribution >= 0.6 is 12.2 Å². The fraction of sp³-hybridized carbons (Fsp3) is 0.562. The van der Waals surface area contributed by atoms with Gasteiger partial charge in [-0.05, 0) is 68.7 Å². The van der Waals surface area contributed by atoms with Crippen LogP contribution in [0.15, 0.2) is 34.6 Å². The van der Waals surface area contributed by atoms with Crippen LogP contribution in [0, 0.1) is 5.92 Å². The molecule has 0 fully saturated rings. The highest BCUT2D eigenvalue weighted by Gasteiger charge is 2.04. The van der Waals surface area contributed by atoms with Crippen molar-refractivity contribution in [1.82, 2.24) is 0 Å². The molecule has 1 atom stereocenters. The summed E-state index contributed by atoms with van der Waals surface area (Å²) in [5.41, 5.74) is 10.5. The van der Waals surface area contributed by atoms with Gasteiger partial charge < -0.3 is 10.8 Å². The minimum absolute atomic E-state index is 0.254. The second-order valence-electron chi connectivity index (χ2n) is 5.18. The minimum atomic E-state index is 0.254. The summed E-state index contributed by atoms with van der Waals surface area (Å²) in [5, 5.41) is 10.5. The normalized spacial score (nSPS) is 16.1. The number of rotatable bonds is 8. The lowest BCUT2D eigenvalue weighted by Gasteiger charge is -2.11. The molecule has 0 aliphatic heterocycles. The molecule has 2 nitrogen and oxygen atoms in total. The Hall–Kier alpha value is -0.930. The molecule has 0 aliphatic carbocycles. The predicted molar refractivity (Wildman–Crippen MR) is 88.2 cm³/mol. The molecule has 0 saturated heterocycles. The molecular formula is C16H27NOS. The molecule has 1 unspecified atom stereocenters. The maximum atomic E-state index is 8.87. The Morgan fingerprint density at radius 3 is 2.37 bits per heavy atom. The number of aliphatic hydroxyl groups excluding tert-OH is 1. The van der Waals surface area contributed by atoms with Crippen molar-refractivity contribution in [2.45, 2.75) is 47.0 Å². The molecule has 0 radical (unpaired) electrons. The van der Waals surface area contributed by atoms with Gasteiger partial charge in [0.15, 0.2) is 0 Å². The zero-order valence-electron chi connectivity index (χ0n) is 12.6. The van der Waals surface area contributed by atoms with Gasteiger partial charge in [-0.25, -0.2) is 0 Å². The number of thiocarbonyl (C=S) groups is 1. The highest BCUT2D eigenvalue weighted by atomic mass is 32.1. The maximum absolute atomic E-state index is 8.87. The smallest absolute Gasteiger partial charge is 0.0433 e. The quantitative estimate of drug-likeness (QED) is 0.403. The van der Waals surface area contributed by atoms with E-state index in [1.165, 1.54) is 5.57 Å². The summed E-state index contributed by atoms with van der Waals surface area (Å²) in [6.07, 6.45) is 6.78. The van der Waals surface area contributed by atoms with Crippen LogP contribution in [0.2, 0.25) is 0 Å². The molecule has 3 N–H and O–H groups in total. The summed E-state index contributed by atoms with van der Waals surface area (Å²) in [4.78, 5) is 0. The fourth-order valence-corrected chi connectivity index (χ4v) is 1.93. The van der Waals surface area contributed by atoms with E-state index in [0.29, 0.717) is 5.92 Å². The number of aliphatic hydroxyl groups is 1. The van der Waals surface area contributed by atoms with Crippen LogP contribution in [0.3, 0.4) is 0 Å². The van der Waals surface area contributed by atoms with Gasteiger partial charge in [-0.2, -0.15) is 0 Å². The number of allylic oxidation sites excluding steroid dienone is 6. The first kappa shape index (κ1) is 18.1. The van der Waals surface area contributed by atoms with Gasteiger partial charge in [0.1, 0.15) is 0 Å². The second-order valence-corrected chi connectivity index (χ2v) is 5.45. The molecule has 0 heterocycles. The van der Waals surface area contributed by atoms with Gasteiger partial charge in [0, 0.05) is 17.7 Å². The molecule has 108 valence electrons. The molecule has 0 aromatic rings. The molecule has 3 heteroatoms. The van der Waals surface area contributed by atoms with Crippen molar-refractivity contribution in [3.05, 3.63) is 34.6 Å². The van der Waals surface area contributed by atoms with E-state index < -0.39 is 0 Å². The predicted octanol–water partition coefficient (Wildman–Crippen LogP) is 3.91. The zero-order valence-corrected chi connectivity index (χ0v) is 13.4. The average Bonchev–Trinajstić information content (AvgIpc) is 2.36. The second kappa shape index (κ2) is 9.93. The van der Waals surface area contributed by atoms with Gasteiger partial charge in [0.25, 0.3) is 0 Å². The third-order valence-electron chi connectivity index (χ3n) is 3.41. The average molecular weight is 281 g/mol. The molecule has 0 bridgehead atoms. The standard InChI is InChI=1S/C16H27NOS/c1-12(7-9-18)5-6-16(17)15(4)11-14(3)13(2)8-10-19/h8,10-12,18H,5-7,9,17H2,1-4H3. The Kier molecular flexibility index (Phi) is 9.44. The van der Waals surface area contributed by atoms with Crippen molar-refractivity contribution in [2.75, 3.05) is 6.61 Å². The van der Waals surface area contributed by atoms with Crippen LogP contribution in [-0.4, -0.2) is 17.1 Å². The number of nitrogens with two attached hydrogens (primary N) is 1. The third kappa shape index (κ3) is 7.96. The first-order valence-electron chi connectivity index (χ1n) is 6.79. The first-order chi connectivity index (χ1) is 8.92. The van der Waals surface area contributed by atoms with E-state index in [0.717, 1.165) is 36.1 Å². The Balaban J connectivity index is 4.63. The van der Waals surface area contributed by atoms with E-state index in [-0.39, 0.29) is 6.61 Å². The Labute approximate surface area is 123 Å². The number of hydrogen-bond acceptors (Lipinski definition) is 3. The summed E-state index contributed by atoms with van der Waals surface area (Å²) in [6, 6.07) is 0. The van der Waals surface area contributed by atoms with Crippen molar-refractivity contribution in [3.63, 3.8) is 0 Å². The molecule has 0 aliphatic rings. The van der Waals surface area contributed by atoms with Crippen LogP contribution in [-0.2, 0) is 0 Å². The Morgan fingerprint density at radius 1 is 1.21 bits per heavy atom. The summed E-state index contributed by atoms with van der Waals surface area (Å²) in [6.45, 7) is 8.55. The molecule has 0 aromatic heterocycles. The molecule has 0 aromatic carbocycles. The third-order valence-corrected chi connectivity index (χ3v) is 3.54. The summed E-state index contributed by atoms with van der Waals surface area (Å²) in [5.74, 6) is 0.512. The van der Waals surface area contributed by atoms with Gasteiger partial charge in [-0.3, -0.25) is 0 Å². The van der Waals surface area contributed by atoms with Crippen molar-refractivity contribution >= 4 is 17.6 Å². The van der Waals surface area contributed by atoms with E-state index in [9.17, 15) is 0 Å². The van der Waals surface area contributed by atoms with E-state index >= 15 is 0 Å². The van der Waals surface area contributed by atoms with E-state index in [1.807, 2.05) is 19.9 Å². The zero-order chi connectivity index (χ0) is 14.8. The highest BCUT2D eigenvalue weighted by Crippen LogP contribution is 2.17. The molecule has 0 rings (SSSR count). The van der Waals surface area contributed by atoms with Crippen LogP contribution in [0.1, 0.15) is 47.0 Å². The van der Waals surface area contributed by atoms with Crippen LogP contribution in [0.5, 0.6) is 0 Å². The SMILES string of the molecule is CC(=CC=S)C(C)=CC(C)=C(N)CCC(C)CCO. The Morgan fingerprint density at radius 2 is 1.84 bits per heavy atom. The lowest BCUT2D eigenvalue weighted by Crippen LogP contribution is -2.05. The molecule has 0 saturated carbocycles. The summed E-state index contributed by atoms with van der Waals surface area (Å²) >= 11 is 4.82. The van der Waals surface area contributed by atoms with Crippen molar-refractivity contribution in [2.24, 2.45) is 11.7 Å². The highest BCUT2D eigenvalue weighted by molar-refractivity contribution is 7.79. The fourth-order valence-electron chi connectivity index (χ4n) is 1.73. The maximum Gasteiger partial charge on any atom is 0.0433 e. The van der Waals surface area contributed by atoms with Gasteiger partial charge in [0.2, 0.25) is 0 Å². The lowest BCUT2D eigenvalue weighted by molar-refractivity contribution is 0.258. The van der Waals surface area contributed by atoms with Crippen LogP contribution < -0.4 is 5.73 Å².